The van der Waals surface area contributed by atoms with Crippen LogP contribution in [0.5, 0.6) is 5.75 Å². The number of ether oxygens (including phenoxy) is 1. The second-order valence-corrected chi connectivity index (χ2v) is 9.24. The Kier molecular flexibility index (Phi) is 6.83. The maximum absolute atomic E-state index is 13.0. The molecule has 0 radical (unpaired) electrons. The maximum atomic E-state index is 13.0. The van der Waals surface area contributed by atoms with Crippen LogP contribution in [0.15, 0.2) is 53.7 Å². The highest BCUT2D eigenvalue weighted by Crippen LogP contribution is 2.32. The van der Waals surface area contributed by atoms with E-state index in [0.29, 0.717) is 16.0 Å². The number of nitrogens with zero attached hydrogens (tertiary/aromatic N) is 4. The molecule has 1 unspecified atom stereocenters. The summed E-state index contributed by atoms with van der Waals surface area (Å²) in [5, 5.41) is 9.97. The van der Waals surface area contributed by atoms with Crippen molar-refractivity contribution in [2.75, 3.05) is 20.2 Å². The predicted molar refractivity (Wildman–Crippen MR) is 124 cm³/mol. The molecule has 0 spiro atoms. The van der Waals surface area contributed by atoms with Crippen LogP contribution >= 0.6 is 23.4 Å². The molecule has 1 aliphatic heterocycles. The Bertz CT molecular complexity index is 1050. The Labute approximate surface area is 191 Å². The summed E-state index contributed by atoms with van der Waals surface area (Å²) in [4.78, 5) is 14.9. The Morgan fingerprint density at radius 1 is 1.10 bits per heavy atom. The van der Waals surface area contributed by atoms with Crippen LogP contribution in [-0.2, 0) is 4.79 Å². The van der Waals surface area contributed by atoms with Crippen LogP contribution in [0.4, 0.5) is 0 Å². The molecule has 1 aromatic heterocycles. The fourth-order valence-corrected chi connectivity index (χ4v) is 4.78. The first kappa shape index (κ1) is 21.7. The monoisotopic (exact) mass is 456 g/mol. The van der Waals surface area contributed by atoms with Crippen molar-refractivity contribution >= 4 is 29.3 Å². The summed E-state index contributed by atoms with van der Waals surface area (Å²) in [5.74, 6) is 1.57. The van der Waals surface area contributed by atoms with Gasteiger partial charge in [0, 0.05) is 29.4 Å². The van der Waals surface area contributed by atoms with Gasteiger partial charge in [0.2, 0.25) is 5.91 Å². The van der Waals surface area contributed by atoms with Gasteiger partial charge in [-0.2, -0.15) is 0 Å². The Balaban J connectivity index is 1.69. The molecule has 2 heterocycles. The largest absolute Gasteiger partial charge is 0.497 e. The number of amides is 1. The van der Waals surface area contributed by atoms with Gasteiger partial charge in [0.1, 0.15) is 5.75 Å². The van der Waals surface area contributed by atoms with Crippen molar-refractivity contribution in [3.05, 3.63) is 53.6 Å². The number of rotatable bonds is 6. The van der Waals surface area contributed by atoms with Crippen molar-refractivity contribution in [1.82, 2.24) is 19.7 Å². The van der Waals surface area contributed by atoms with Crippen molar-refractivity contribution in [2.45, 2.75) is 36.6 Å². The van der Waals surface area contributed by atoms with Gasteiger partial charge in [-0.25, -0.2) is 0 Å². The highest BCUT2D eigenvalue weighted by atomic mass is 35.5. The third-order valence-corrected chi connectivity index (χ3v) is 6.63. The molecule has 1 amide bonds. The number of halogens is 1. The van der Waals surface area contributed by atoms with Gasteiger partial charge >= 0.3 is 0 Å². The van der Waals surface area contributed by atoms with Crippen LogP contribution in [0.25, 0.3) is 17.1 Å². The molecule has 0 N–H and O–H groups in total. The van der Waals surface area contributed by atoms with E-state index in [2.05, 4.69) is 10.2 Å². The topological polar surface area (TPSA) is 60.3 Å². The molecule has 31 heavy (non-hydrogen) atoms. The quantitative estimate of drug-likeness (QED) is 0.483. The van der Waals surface area contributed by atoms with E-state index < -0.39 is 0 Å². The molecule has 1 atom stereocenters. The van der Waals surface area contributed by atoms with E-state index in [1.165, 1.54) is 18.2 Å². The van der Waals surface area contributed by atoms with Gasteiger partial charge in [-0.3, -0.25) is 9.36 Å². The number of carbonyl (C=O) groups excluding carboxylic acids is 1. The number of benzene rings is 2. The number of carbonyl (C=O) groups is 1. The van der Waals surface area contributed by atoms with Crippen molar-refractivity contribution in [3.8, 4) is 22.8 Å². The molecule has 2 aromatic carbocycles. The summed E-state index contributed by atoms with van der Waals surface area (Å²) < 4.78 is 7.35. The molecule has 4 rings (SSSR count). The zero-order valence-electron chi connectivity index (χ0n) is 17.6. The lowest BCUT2D eigenvalue weighted by molar-refractivity contribution is -0.131. The van der Waals surface area contributed by atoms with Gasteiger partial charge in [0.05, 0.1) is 12.4 Å². The molecule has 1 fully saturated rings. The number of aromatic nitrogens is 3. The van der Waals surface area contributed by atoms with Gasteiger partial charge < -0.3 is 9.64 Å². The minimum atomic E-state index is -0.258. The van der Waals surface area contributed by atoms with Crippen LogP contribution in [0.3, 0.4) is 0 Å². The lowest BCUT2D eigenvalue weighted by Crippen LogP contribution is -2.40. The molecule has 8 heteroatoms. The normalized spacial score (nSPS) is 15.0. The molecule has 6 nitrogen and oxygen atoms in total. The number of thioether (sulfide) groups is 1. The predicted octanol–water partition coefficient (Wildman–Crippen LogP) is 5.09. The average Bonchev–Trinajstić information content (AvgIpc) is 3.23. The minimum absolute atomic E-state index is 0.151. The molecule has 1 saturated heterocycles. The summed E-state index contributed by atoms with van der Waals surface area (Å²) in [6.07, 6.45) is 3.34. The fraction of sp³-hybridized carbons (Fsp3) is 0.348. The van der Waals surface area contributed by atoms with E-state index >= 15 is 0 Å². The first-order chi connectivity index (χ1) is 15.1. The number of hydrogen-bond acceptors (Lipinski definition) is 5. The summed E-state index contributed by atoms with van der Waals surface area (Å²) in [6, 6.07) is 15.2. The van der Waals surface area contributed by atoms with Crippen LogP contribution < -0.4 is 4.74 Å². The first-order valence-electron chi connectivity index (χ1n) is 10.4. The smallest absolute Gasteiger partial charge is 0.235 e. The van der Waals surface area contributed by atoms with Crippen LogP contribution in [0.2, 0.25) is 5.02 Å². The van der Waals surface area contributed by atoms with Crippen molar-refractivity contribution < 1.29 is 9.53 Å². The second kappa shape index (κ2) is 9.75. The van der Waals surface area contributed by atoms with E-state index in [1.807, 2.05) is 64.9 Å². The maximum Gasteiger partial charge on any atom is 0.235 e. The van der Waals surface area contributed by atoms with Crippen LogP contribution in [-0.4, -0.2) is 51.0 Å². The molecular formula is C23H25ClN4O2S. The first-order valence-corrected chi connectivity index (χ1v) is 11.6. The number of piperidine rings is 1. The van der Waals surface area contributed by atoms with E-state index in [9.17, 15) is 4.79 Å². The van der Waals surface area contributed by atoms with Crippen LogP contribution in [0.1, 0.15) is 26.2 Å². The summed E-state index contributed by atoms with van der Waals surface area (Å²) >= 11 is 7.54. The Hall–Kier alpha value is -2.51. The van der Waals surface area contributed by atoms with Gasteiger partial charge in [-0.15, -0.1) is 10.2 Å². The molecule has 162 valence electrons. The summed E-state index contributed by atoms with van der Waals surface area (Å²) in [7, 11) is 1.64. The number of methoxy groups -OCH3 is 1. The van der Waals surface area contributed by atoms with Gasteiger partial charge in [-0.1, -0.05) is 35.5 Å². The molecular weight excluding hydrogens is 432 g/mol. The molecule has 0 bridgehead atoms. The highest BCUT2D eigenvalue weighted by molar-refractivity contribution is 8.00. The van der Waals surface area contributed by atoms with Crippen molar-refractivity contribution in [2.24, 2.45) is 0 Å². The molecule has 3 aromatic rings. The number of hydrogen-bond donors (Lipinski definition) is 0. The third-order valence-electron chi connectivity index (χ3n) is 5.34. The van der Waals surface area contributed by atoms with E-state index in [0.717, 1.165) is 42.9 Å². The zero-order chi connectivity index (χ0) is 21.8. The van der Waals surface area contributed by atoms with Crippen molar-refractivity contribution in [1.29, 1.82) is 0 Å². The van der Waals surface area contributed by atoms with Gasteiger partial charge in [-0.05, 0) is 62.6 Å². The fourth-order valence-electron chi connectivity index (χ4n) is 3.70. The van der Waals surface area contributed by atoms with E-state index in [1.54, 1.807) is 7.11 Å². The van der Waals surface area contributed by atoms with Gasteiger partial charge in [0.25, 0.3) is 0 Å². The molecule has 0 saturated carbocycles. The molecule has 0 aliphatic carbocycles. The van der Waals surface area contributed by atoms with Crippen molar-refractivity contribution in [3.63, 3.8) is 0 Å². The lowest BCUT2D eigenvalue weighted by Gasteiger charge is -2.28. The summed E-state index contributed by atoms with van der Waals surface area (Å²) in [5.41, 5.74) is 1.76. The van der Waals surface area contributed by atoms with Gasteiger partial charge in [0.15, 0.2) is 11.0 Å². The molecule has 1 aliphatic rings. The van der Waals surface area contributed by atoms with Crippen LogP contribution in [0, 0.1) is 0 Å². The highest BCUT2D eigenvalue weighted by Gasteiger charge is 2.26. The zero-order valence-corrected chi connectivity index (χ0v) is 19.2. The Morgan fingerprint density at radius 2 is 1.84 bits per heavy atom. The third kappa shape index (κ3) is 4.88. The van der Waals surface area contributed by atoms with E-state index in [4.69, 9.17) is 16.3 Å². The summed E-state index contributed by atoms with van der Waals surface area (Å²) in [6.45, 7) is 3.61. The minimum Gasteiger partial charge on any atom is -0.497 e. The second-order valence-electron chi connectivity index (χ2n) is 7.50. The lowest BCUT2D eigenvalue weighted by atomic mass is 10.1. The SMILES string of the molecule is COc1cccc(-c2nnc(SC(C)C(=O)N3CCCCC3)n2-c2ccc(Cl)cc2)c1. The average molecular weight is 457 g/mol. The standard InChI is InChI=1S/C23H25ClN4O2S/c1-16(22(29)27-13-4-3-5-14-27)31-23-26-25-21(17-7-6-8-20(15-17)30-2)28(23)19-11-9-18(24)10-12-19/h6-12,15-16H,3-5,13-14H2,1-2H3. The van der Waals surface area contributed by atoms with E-state index in [-0.39, 0.29) is 11.2 Å². The number of likely N-dealkylation sites (tertiary alicyclic amines) is 1. The Morgan fingerprint density at radius 3 is 2.55 bits per heavy atom.